The Morgan fingerprint density at radius 2 is 2.05 bits per heavy atom. The summed E-state index contributed by atoms with van der Waals surface area (Å²) in [5.74, 6) is -0.523. The molecule has 0 atom stereocenters. The van der Waals surface area contributed by atoms with E-state index < -0.39 is 23.5 Å². The fourth-order valence-electron chi connectivity index (χ4n) is 1.33. The van der Waals surface area contributed by atoms with Crippen molar-refractivity contribution < 1.29 is 18.7 Å². The van der Waals surface area contributed by atoms with Gasteiger partial charge in [-0.3, -0.25) is 5.32 Å². The average Bonchev–Trinajstić information content (AvgIpc) is 2.29. The second kappa shape index (κ2) is 6.69. The van der Waals surface area contributed by atoms with Gasteiger partial charge < -0.3 is 10.5 Å². The number of benzene rings is 1. The zero-order valence-electron chi connectivity index (χ0n) is 11.9. The van der Waals surface area contributed by atoms with Crippen molar-refractivity contribution in [1.29, 1.82) is 0 Å². The molecule has 0 spiro atoms. The lowest BCUT2D eigenvalue weighted by atomic mass is 10.2. The van der Waals surface area contributed by atoms with E-state index in [4.69, 9.17) is 10.5 Å². The number of nitrogens with one attached hydrogen (secondary N) is 2. The summed E-state index contributed by atoms with van der Waals surface area (Å²) < 4.78 is 18.3. The van der Waals surface area contributed by atoms with E-state index in [1.807, 2.05) is 5.43 Å². The molecule has 0 aromatic heterocycles. The predicted octanol–water partition coefficient (Wildman–Crippen LogP) is 2.17. The van der Waals surface area contributed by atoms with Crippen molar-refractivity contribution in [2.75, 3.05) is 5.32 Å². The molecule has 0 saturated carbocycles. The number of amides is 3. The zero-order chi connectivity index (χ0) is 16.0. The van der Waals surface area contributed by atoms with Gasteiger partial charge in [0.05, 0.1) is 11.9 Å². The van der Waals surface area contributed by atoms with Crippen LogP contribution in [0.5, 0.6) is 0 Å². The van der Waals surface area contributed by atoms with Gasteiger partial charge in [-0.1, -0.05) is 0 Å². The maximum Gasteiger partial charge on any atom is 0.412 e. The van der Waals surface area contributed by atoms with Gasteiger partial charge in [0, 0.05) is 5.56 Å². The number of nitrogens with zero attached hydrogens (tertiary/aromatic N) is 1. The van der Waals surface area contributed by atoms with Crippen molar-refractivity contribution in [3.05, 3.63) is 29.6 Å². The Balaban J connectivity index is 2.89. The van der Waals surface area contributed by atoms with Crippen LogP contribution in [0.25, 0.3) is 0 Å². The topological polar surface area (TPSA) is 106 Å². The molecule has 1 aromatic rings. The summed E-state index contributed by atoms with van der Waals surface area (Å²) in [7, 11) is 0. The number of halogens is 1. The van der Waals surface area contributed by atoms with Gasteiger partial charge in [-0.15, -0.1) is 0 Å². The van der Waals surface area contributed by atoms with E-state index in [0.29, 0.717) is 0 Å². The van der Waals surface area contributed by atoms with Crippen molar-refractivity contribution in [3.8, 4) is 0 Å². The Kier molecular flexibility index (Phi) is 5.23. The summed E-state index contributed by atoms with van der Waals surface area (Å²) in [6.07, 6.45) is 0.465. The summed E-state index contributed by atoms with van der Waals surface area (Å²) in [4.78, 5) is 22.2. The van der Waals surface area contributed by atoms with Crippen molar-refractivity contribution in [3.63, 3.8) is 0 Å². The van der Waals surface area contributed by atoms with Gasteiger partial charge in [-0.25, -0.2) is 19.4 Å². The van der Waals surface area contributed by atoms with Crippen molar-refractivity contribution >= 4 is 24.0 Å². The maximum atomic E-state index is 13.2. The van der Waals surface area contributed by atoms with Crippen LogP contribution in [0.1, 0.15) is 26.3 Å². The minimum absolute atomic E-state index is 0.245. The summed E-state index contributed by atoms with van der Waals surface area (Å²) >= 11 is 0. The van der Waals surface area contributed by atoms with E-state index in [2.05, 4.69) is 10.4 Å². The third-order valence-electron chi connectivity index (χ3n) is 2.03. The van der Waals surface area contributed by atoms with Crippen LogP contribution < -0.4 is 16.5 Å². The molecular weight excluding hydrogens is 279 g/mol. The Bertz CT molecular complexity index is 567. The Morgan fingerprint density at radius 1 is 1.38 bits per heavy atom. The van der Waals surface area contributed by atoms with Gasteiger partial charge in [0.1, 0.15) is 11.4 Å². The van der Waals surface area contributed by atoms with E-state index >= 15 is 0 Å². The lowest BCUT2D eigenvalue weighted by Gasteiger charge is -2.20. The molecule has 114 valence electrons. The molecular formula is C13H17FN4O3. The standard InChI is InChI=1S/C13H17FN4O3/c1-13(2,3)21-12(20)17-10-5-4-9(14)6-8(10)7-16-18-11(15)19/h4-7H,1-3H3,(H,17,20)(H3,15,18,19). The number of ether oxygens (including phenoxy) is 1. The fourth-order valence-corrected chi connectivity index (χ4v) is 1.33. The highest BCUT2D eigenvalue weighted by Crippen LogP contribution is 2.17. The quantitative estimate of drug-likeness (QED) is 0.588. The molecule has 0 aliphatic rings. The smallest absolute Gasteiger partial charge is 0.412 e. The van der Waals surface area contributed by atoms with E-state index in [1.165, 1.54) is 12.1 Å². The van der Waals surface area contributed by atoms with Gasteiger partial charge in [0.25, 0.3) is 0 Å². The molecule has 4 N–H and O–H groups in total. The van der Waals surface area contributed by atoms with Crippen LogP contribution in [0.3, 0.4) is 0 Å². The number of hydrogen-bond acceptors (Lipinski definition) is 4. The second-order valence-corrected chi connectivity index (χ2v) is 5.09. The molecule has 0 heterocycles. The Morgan fingerprint density at radius 3 is 2.62 bits per heavy atom. The van der Waals surface area contributed by atoms with Crippen molar-refractivity contribution in [2.45, 2.75) is 26.4 Å². The van der Waals surface area contributed by atoms with Gasteiger partial charge in [0.2, 0.25) is 0 Å². The summed E-state index contributed by atoms with van der Waals surface area (Å²) in [6.45, 7) is 5.16. The fraction of sp³-hybridized carbons (Fsp3) is 0.308. The molecule has 0 bridgehead atoms. The third-order valence-corrected chi connectivity index (χ3v) is 2.03. The van der Waals surface area contributed by atoms with Crippen LogP contribution in [0.15, 0.2) is 23.3 Å². The third kappa shape index (κ3) is 6.37. The monoisotopic (exact) mass is 296 g/mol. The number of anilines is 1. The van der Waals surface area contributed by atoms with Crippen LogP contribution in [0, 0.1) is 5.82 Å². The molecule has 0 radical (unpaired) electrons. The molecule has 1 aromatic carbocycles. The number of carbonyl (C=O) groups is 2. The van der Waals surface area contributed by atoms with Crippen LogP contribution in [0.4, 0.5) is 19.7 Å². The highest BCUT2D eigenvalue weighted by molar-refractivity contribution is 5.95. The van der Waals surface area contributed by atoms with Crippen LogP contribution in [-0.4, -0.2) is 23.9 Å². The maximum absolute atomic E-state index is 13.2. The number of hydrazone groups is 1. The molecule has 1 rings (SSSR count). The van der Waals surface area contributed by atoms with E-state index in [9.17, 15) is 14.0 Å². The van der Waals surface area contributed by atoms with E-state index in [-0.39, 0.29) is 11.3 Å². The molecule has 0 saturated heterocycles. The highest BCUT2D eigenvalue weighted by atomic mass is 19.1. The summed E-state index contributed by atoms with van der Waals surface area (Å²) in [6, 6.07) is 2.80. The lowest BCUT2D eigenvalue weighted by molar-refractivity contribution is 0.0636. The SMILES string of the molecule is CC(C)(C)OC(=O)Nc1ccc(F)cc1C=NNC(N)=O. The molecule has 7 nitrogen and oxygen atoms in total. The normalized spacial score (nSPS) is 11.2. The van der Waals surface area contributed by atoms with E-state index in [0.717, 1.165) is 12.3 Å². The second-order valence-electron chi connectivity index (χ2n) is 5.09. The lowest BCUT2D eigenvalue weighted by Crippen LogP contribution is -2.27. The van der Waals surface area contributed by atoms with Crippen LogP contribution >= 0.6 is 0 Å². The first kappa shape index (κ1) is 16.4. The first-order valence-electron chi connectivity index (χ1n) is 6.05. The number of carbonyl (C=O) groups excluding carboxylic acids is 2. The first-order valence-corrected chi connectivity index (χ1v) is 6.05. The zero-order valence-corrected chi connectivity index (χ0v) is 11.9. The van der Waals surface area contributed by atoms with Crippen LogP contribution in [-0.2, 0) is 4.74 Å². The average molecular weight is 296 g/mol. The molecule has 0 aliphatic heterocycles. The number of urea groups is 1. The highest BCUT2D eigenvalue weighted by Gasteiger charge is 2.17. The number of rotatable bonds is 3. The predicted molar refractivity (Wildman–Crippen MR) is 76.6 cm³/mol. The minimum Gasteiger partial charge on any atom is -0.444 e. The van der Waals surface area contributed by atoms with Gasteiger partial charge in [0.15, 0.2) is 0 Å². The largest absolute Gasteiger partial charge is 0.444 e. The molecule has 0 fully saturated rings. The summed E-state index contributed by atoms with van der Waals surface area (Å²) in [5, 5.41) is 5.99. The van der Waals surface area contributed by atoms with Crippen molar-refractivity contribution in [2.24, 2.45) is 10.8 Å². The molecule has 0 unspecified atom stereocenters. The minimum atomic E-state index is -0.857. The van der Waals surface area contributed by atoms with Gasteiger partial charge >= 0.3 is 12.1 Å². The summed E-state index contributed by atoms with van der Waals surface area (Å²) in [5.41, 5.74) is 6.68. The molecule has 21 heavy (non-hydrogen) atoms. The van der Waals surface area contributed by atoms with Gasteiger partial charge in [-0.2, -0.15) is 5.10 Å². The number of nitrogens with two attached hydrogens (primary N) is 1. The first-order chi connectivity index (χ1) is 9.67. The van der Waals surface area contributed by atoms with E-state index in [1.54, 1.807) is 20.8 Å². The van der Waals surface area contributed by atoms with Crippen molar-refractivity contribution in [1.82, 2.24) is 5.43 Å². The molecule has 8 heteroatoms. The Labute approximate surface area is 121 Å². The Hall–Kier alpha value is -2.64. The van der Waals surface area contributed by atoms with Crippen LogP contribution in [0.2, 0.25) is 0 Å². The number of hydrogen-bond donors (Lipinski definition) is 3. The molecule has 0 aliphatic carbocycles. The van der Waals surface area contributed by atoms with Gasteiger partial charge in [-0.05, 0) is 39.0 Å². The molecule has 3 amide bonds. The number of primary amides is 1.